The highest BCUT2D eigenvalue weighted by molar-refractivity contribution is 6.32. The summed E-state index contributed by atoms with van der Waals surface area (Å²) in [7, 11) is 0. The van der Waals surface area contributed by atoms with Gasteiger partial charge >= 0.3 is 5.63 Å². The number of hydrogen-bond donors (Lipinski definition) is 1. The summed E-state index contributed by atoms with van der Waals surface area (Å²) in [6, 6.07) is 11.3. The van der Waals surface area contributed by atoms with Crippen LogP contribution in [0.4, 0.5) is 0 Å². The fraction of sp³-hybridized carbons (Fsp3) is 0.0526. The molecule has 0 aliphatic carbocycles. The highest BCUT2D eigenvalue weighted by Crippen LogP contribution is 2.31. The minimum absolute atomic E-state index is 0.128. The van der Waals surface area contributed by atoms with Crippen molar-refractivity contribution < 1.29 is 14.3 Å². The van der Waals surface area contributed by atoms with Gasteiger partial charge in [-0.1, -0.05) is 29.8 Å². The molecule has 0 saturated carbocycles. The molecule has 1 heterocycles. The zero-order chi connectivity index (χ0) is 17.3. The Morgan fingerprint density at radius 1 is 1.21 bits per heavy atom. The standard InChI is InChI=1S/C19H13ClO4/c1-11-10-17(22)24-16-9-7-13(19(23)18(11)16)15(21)8-6-12-4-2-3-5-14(12)20/h2-10,23H,1H3/b8-6+. The van der Waals surface area contributed by atoms with E-state index >= 15 is 0 Å². The first-order valence-electron chi connectivity index (χ1n) is 7.21. The van der Waals surface area contributed by atoms with Crippen LogP contribution in [0, 0.1) is 6.92 Å². The van der Waals surface area contributed by atoms with Gasteiger partial charge in [0.2, 0.25) is 0 Å². The van der Waals surface area contributed by atoms with Crippen LogP contribution in [0.5, 0.6) is 5.75 Å². The molecular formula is C19H13ClO4. The maximum Gasteiger partial charge on any atom is 0.336 e. The largest absolute Gasteiger partial charge is 0.506 e. The molecule has 0 aliphatic heterocycles. The normalized spacial score (nSPS) is 11.2. The molecule has 3 rings (SSSR count). The van der Waals surface area contributed by atoms with Crippen LogP contribution in [0.2, 0.25) is 5.02 Å². The van der Waals surface area contributed by atoms with E-state index in [4.69, 9.17) is 16.0 Å². The van der Waals surface area contributed by atoms with Gasteiger partial charge in [0.1, 0.15) is 11.3 Å². The van der Waals surface area contributed by atoms with Gasteiger partial charge in [-0.25, -0.2) is 4.79 Å². The lowest BCUT2D eigenvalue weighted by Crippen LogP contribution is -2.01. The molecule has 4 nitrogen and oxygen atoms in total. The Morgan fingerprint density at radius 2 is 1.96 bits per heavy atom. The lowest BCUT2D eigenvalue weighted by atomic mass is 10.0. The number of fused-ring (bicyclic) bond motifs is 1. The van der Waals surface area contributed by atoms with E-state index in [2.05, 4.69) is 0 Å². The predicted molar refractivity (Wildman–Crippen MR) is 93.7 cm³/mol. The van der Waals surface area contributed by atoms with Crippen LogP contribution in [0.3, 0.4) is 0 Å². The van der Waals surface area contributed by atoms with Gasteiger partial charge in [-0.3, -0.25) is 4.79 Å². The Labute approximate surface area is 142 Å². The van der Waals surface area contributed by atoms with Crippen LogP contribution >= 0.6 is 11.6 Å². The van der Waals surface area contributed by atoms with Crippen LogP contribution < -0.4 is 5.63 Å². The van der Waals surface area contributed by atoms with Gasteiger partial charge in [0.25, 0.3) is 0 Å². The van der Waals surface area contributed by atoms with Gasteiger partial charge < -0.3 is 9.52 Å². The van der Waals surface area contributed by atoms with Crippen LogP contribution in [0.25, 0.3) is 17.0 Å². The van der Waals surface area contributed by atoms with Crippen molar-refractivity contribution in [1.29, 1.82) is 0 Å². The molecule has 1 N–H and O–H groups in total. The molecule has 0 amide bonds. The Kier molecular flexibility index (Phi) is 4.23. The van der Waals surface area contributed by atoms with Crippen molar-refractivity contribution in [3.63, 3.8) is 0 Å². The molecule has 24 heavy (non-hydrogen) atoms. The van der Waals surface area contributed by atoms with Crippen LogP contribution in [-0.2, 0) is 0 Å². The van der Waals surface area contributed by atoms with Crippen molar-refractivity contribution in [2.24, 2.45) is 0 Å². The SMILES string of the molecule is Cc1cc(=O)oc2ccc(C(=O)/C=C/c3ccccc3Cl)c(O)c12. The smallest absolute Gasteiger partial charge is 0.336 e. The number of carbonyl (C=O) groups is 1. The topological polar surface area (TPSA) is 67.5 Å². The predicted octanol–water partition coefficient (Wildman–Crippen LogP) is 4.36. The van der Waals surface area contributed by atoms with Crippen molar-refractivity contribution in [3.8, 4) is 5.75 Å². The van der Waals surface area contributed by atoms with E-state index in [0.717, 1.165) is 0 Å². The number of phenols is 1. The zero-order valence-corrected chi connectivity index (χ0v) is 13.5. The van der Waals surface area contributed by atoms with E-state index < -0.39 is 5.63 Å². The number of phenolic OH excluding ortho intramolecular Hbond substituents is 1. The first-order valence-corrected chi connectivity index (χ1v) is 7.58. The summed E-state index contributed by atoms with van der Waals surface area (Å²) in [5.41, 5.74) is 1.11. The highest BCUT2D eigenvalue weighted by atomic mass is 35.5. The van der Waals surface area contributed by atoms with Crippen LogP contribution in [0.1, 0.15) is 21.5 Å². The first kappa shape index (κ1) is 16.0. The Hall–Kier alpha value is -2.85. The minimum atomic E-state index is -0.503. The van der Waals surface area contributed by atoms with Crippen LogP contribution in [-0.4, -0.2) is 10.9 Å². The number of allylic oxidation sites excluding steroid dienone is 1. The second-order valence-corrected chi connectivity index (χ2v) is 5.71. The Bertz CT molecular complexity index is 1030. The number of benzene rings is 2. The van der Waals surface area contributed by atoms with Crippen molar-refractivity contribution >= 4 is 34.4 Å². The summed E-state index contributed by atoms with van der Waals surface area (Å²) in [5.74, 6) is -0.581. The molecule has 0 atom stereocenters. The Morgan fingerprint density at radius 3 is 2.71 bits per heavy atom. The van der Waals surface area contributed by atoms with Gasteiger partial charge in [-0.2, -0.15) is 0 Å². The second kappa shape index (κ2) is 6.34. The number of ketones is 1. The van der Waals surface area contributed by atoms with E-state index in [-0.39, 0.29) is 22.7 Å². The van der Waals surface area contributed by atoms with Crippen LogP contribution in [0.15, 0.2) is 57.8 Å². The fourth-order valence-electron chi connectivity index (χ4n) is 2.49. The fourth-order valence-corrected chi connectivity index (χ4v) is 2.69. The summed E-state index contributed by atoms with van der Waals surface area (Å²) >= 11 is 6.04. The molecule has 3 aromatic rings. The maximum atomic E-state index is 12.4. The average molecular weight is 341 g/mol. The second-order valence-electron chi connectivity index (χ2n) is 5.30. The molecule has 5 heteroatoms. The third-order valence-corrected chi connectivity index (χ3v) is 4.01. The van der Waals surface area contributed by atoms with Crippen molar-refractivity contribution in [3.05, 3.63) is 80.7 Å². The molecule has 0 unspecified atom stereocenters. The number of hydrogen-bond acceptors (Lipinski definition) is 4. The quantitative estimate of drug-likeness (QED) is 0.437. The highest BCUT2D eigenvalue weighted by Gasteiger charge is 2.15. The summed E-state index contributed by atoms with van der Waals surface area (Å²) in [6.07, 6.45) is 2.93. The average Bonchev–Trinajstić information content (AvgIpc) is 2.53. The summed E-state index contributed by atoms with van der Waals surface area (Å²) < 4.78 is 5.04. The van der Waals surface area contributed by atoms with Gasteiger partial charge in [-0.15, -0.1) is 0 Å². The monoisotopic (exact) mass is 340 g/mol. The lowest BCUT2D eigenvalue weighted by Gasteiger charge is -2.06. The van der Waals surface area contributed by atoms with E-state index in [1.165, 1.54) is 24.3 Å². The number of aromatic hydroxyl groups is 1. The molecule has 0 fully saturated rings. The first-order chi connectivity index (χ1) is 11.5. The Balaban J connectivity index is 2.03. The minimum Gasteiger partial charge on any atom is -0.506 e. The van der Waals surface area contributed by atoms with E-state index in [9.17, 15) is 14.7 Å². The van der Waals surface area contributed by atoms with Crippen molar-refractivity contribution in [1.82, 2.24) is 0 Å². The molecule has 2 aromatic carbocycles. The van der Waals surface area contributed by atoms with Gasteiger partial charge in [0.15, 0.2) is 5.78 Å². The molecule has 1 aromatic heterocycles. The molecule has 0 spiro atoms. The van der Waals surface area contributed by atoms with E-state index in [0.29, 0.717) is 21.5 Å². The summed E-state index contributed by atoms with van der Waals surface area (Å²) in [6.45, 7) is 1.67. The van der Waals surface area contributed by atoms with Gasteiger partial charge in [0.05, 0.1) is 10.9 Å². The van der Waals surface area contributed by atoms with Crippen molar-refractivity contribution in [2.45, 2.75) is 6.92 Å². The number of carbonyl (C=O) groups excluding carboxylic acids is 1. The number of rotatable bonds is 3. The van der Waals surface area contributed by atoms with Gasteiger partial charge in [0, 0.05) is 11.1 Å². The third kappa shape index (κ3) is 2.96. The molecule has 0 aliphatic rings. The number of halogens is 1. The molecular weight excluding hydrogens is 328 g/mol. The molecule has 0 bridgehead atoms. The number of aryl methyl sites for hydroxylation is 1. The lowest BCUT2D eigenvalue weighted by molar-refractivity contribution is 0.104. The molecule has 0 radical (unpaired) electrons. The maximum absolute atomic E-state index is 12.4. The molecule has 0 saturated heterocycles. The zero-order valence-electron chi connectivity index (χ0n) is 12.7. The third-order valence-electron chi connectivity index (χ3n) is 3.66. The van der Waals surface area contributed by atoms with E-state index in [1.54, 1.807) is 31.2 Å². The van der Waals surface area contributed by atoms with Gasteiger partial charge in [-0.05, 0) is 48.4 Å². The van der Waals surface area contributed by atoms with E-state index in [1.807, 2.05) is 6.07 Å². The van der Waals surface area contributed by atoms with Crippen molar-refractivity contribution in [2.75, 3.05) is 0 Å². The molecule has 120 valence electrons. The summed E-state index contributed by atoms with van der Waals surface area (Å²) in [5, 5.41) is 11.3. The summed E-state index contributed by atoms with van der Waals surface area (Å²) in [4.78, 5) is 23.8.